The van der Waals surface area contributed by atoms with E-state index in [2.05, 4.69) is 10.3 Å². The van der Waals surface area contributed by atoms with E-state index in [0.717, 1.165) is 16.3 Å². The van der Waals surface area contributed by atoms with Crippen LogP contribution in [0.3, 0.4) is 0 Å². The van der Waals surface area contributed by atoms with E-state index in [1.54, 1.807) is 36.4 Å². The van der Waals surface area contributed by atoms with Gasteiger partial charge in [0.25, 0.3) is 11.5 Å². The van der Waals surface area contributed by atoms with Crippen molar-refractivity contribution in [1.82, 2.24) is 9.55 Å². The molecule has 6 nitrogen and oxygen atoms in total. The van der Waals surface area contributed by atoms with Crippen LogP contribution in [0.5, 0.6) is 0 Å². The number of aromatic amines is 1. The van der Waals surface area contributed by atoms with Crippen LogP contribution in [0, 0.1) is 0 Å². The topological polar surface area (TPSA) is 84.0 Å². The first-order chi connectivity index (χ1) is 12.0. The molecule has 0 unspecified atom stereocenters. The minimum atomic E-state index is -0.660. The van der Waals surface area contributed by atoms with Crippen LogP contribution in [0.2, 0.25) is 5.02 Å². The number of amides is 1. The van der Waals surface area contributed by atoms with E-state index in [4.69, 9.17) is 11.6 Å². The molecule has 0 radical (unpaired) electrons. The number of hydrogen-bond donors (Lipinski definition) is 2. The largest absolute Gasteiger partial charge is 0.328 e. The zero-order chi connectivity index (χ0) is 17.8. The maximum absolute atomic E-state index is 12.5. The molecule has 3 aromatic rings. The van der Waals surface area contributed by atoms with Crippen molar-refractivity contribution >= 4 is 23.2 Å². The lowest BCUT2D eigenvalue weighted by atomic mass is 10.2. The lowest BCUT2D eigenvalue weighted by Crippen LogP contribution is -2.39. The maximum atomic E-state index is 12.5. The molecule has 0 aliphatic carbocycles. The summed E-state index contributed by atoms with van der Waals surface area (Å²) < 4.78 is 0.988. The lowest BCUT2D eigenvalue weighted by molar-refractivity contribution is 0.102. The van der Waals surface area contributed by atoms with Crippen LogP contribution in [-0.4, -0.2) is 15.5 Å². The van der Waals surface area contributed by atoms with Gasteiger partial charge in [0.15, 0.2) is 0 Å². The number of hydrogen-bond acceptors (Lipinski definition) is 3. The maximum Gasteiger partial charge on any atom is 0.328 e. The van der Waals surface area contributed by atoms with Gasteiger partial charge in [0, 0.05) is 16.9 Å². The molecular weight excluding hydrogens is 342 g/mol. The van der Waals surface area contributed by atoms with Gasteiger partial charge in [0.05, 0.1) is 6.54 Å². The highest BCUT2D eigenvalue weighted by Crippen LogP contribution is 2.15. The second kappa shape index (κ2) is 7.19. The summed E-state index contributed by atoms with van der Waals surface area (Å²) in [7, 11) is 0. The van der Waals surface area contributed by atoms with E-state index < -0.39 is 17.2 Å². The second-order valence-electron chi connectivity index (χ2n) is 5.35. The van der Waals surface area contributed by atoms with Crippen molar-refractivity contribution < 1.29 is 4.79 Å². The van der Waals surface area contributed by atoms with Gasteiger partial charge in [-0.1, -0.05) is 48.0 Å². The molecule has 0 bridgehead atoms. The van der Waals surface area contributed by atoms with Crippen molar-refractivity contribution in [3.05, 3.63) is 97.8 Å². The molecule has 1 amide bonds. The molecular formula is C18H14ClN3O3. The summed E-state index contributed by atoms with van der Waals surface area (Å²) in [6.07, 6.45) is 1.12. The highest BCUT2D eigenvalue weighted by Gasteiger charge is 2.15. The van der Waals surface area contributed by atoms with Crippen LogP contribution in [0.1, 0.15) is 15.9 Å². The molecule has 0 atom stereocenters. The number of anilines is 1. The number of carbonyl (C=O) groups excluding carboxylic acids is 1. The molecule has 0 spiro atoms. The summed E-state index contributed by atoms with van der Waals surface area (Å²) >= 11 is 5.88. The molecule has 1 heterocycles. The van der Waals surface area contributed by atoms with Gasteiger partial charge in [0.2, 0.25) is 0 Å². The van der Waals surface area contributed by atoms with E-state index in [1.165, 1.54) is 0 Å². The molecule has 0 aliphatic rings. The van der Waals surface area contributed by atoms with Crippen molar-refractivity contribution in [2.45, 2.75) is 6.54 Å². The molecule has 0 saturated heterocycles. The van der Waals surface area contributed by atoms with Gasteiger partial charge in [-0.15, -0.1) is 0 Å². The van der Waals surface area contributed by atoms with Gasteiger partial charge < -0.3 is 10.3 Å². The number of halogens is 1. The Hall–Kier alpha value is -3.12. The minimum Gasteiger partial charge on any atom is -0.322 e. The van der Waals surface area contributed by atoms with E-state index >= 15 is 0 Å². The van der Waals surface area contributed by atoms with Crippen molar-refractivity contribution in [3.8, 4) is 0 Å². The monoisotopic (exact) mass is 355 g/mol. The Morgan fingerprint density at radius 2 is 1.84 bits per heavy atom. The minimum absolute atomic E-state index is 0.0767. The fraction of sp³-hybridized carbons (Fsp3) is 0.0556. The Labute approximate surface area is 147 Å². The molecule has 7 heteroatoms. The summed E-state index contributed by atoms with van der Waals surface area (Å²) in [5.74, 6) is -0.620. The van der Waals surface area contributed by atoms with Gasteiger partial charge in [-0.2, -0.15) is 0 Å². The average Bonchev–Trinajstić information content (AvgIpc) is 2.59. The first-order valence-corrected chi connectivity index (χ1v) is 7.86. The number of rotatable bonds is 4. The summed E-state index contributed by atoms with van der Waals surface area (Å²) in [6, 6.07) is 15.6. The van der Waals surface area contributed by atoms with Crippen LogP contribution < -0.4 is 16.6 Å². The smallest absolute Gasteiger partial charge is 0.322 e. The molecule has 2 aromatic carbocycles. The zero-order valence-corrected chi connectivity index (χ0v) is 13.8. The van der Waals surface area contributed by atoms with Gasteiger partial charge in [-0.05, 0) is 23.8 Å². The third kappa shape index (κ3) is 3.87. The predicted octanol–water partition coefficient (Wildman–Crippen LogP) is 2.49. The van der Waals surface area contributed by atoms with Crippen molar-refractivity contribution in [3.63, 3.8) is 0 Å². The van der Waals surface area contributed by atoms with Crippen molar-refractivity contribution in [2.24, 2.45) is 0 Å². The Morgan fingerprint density at radius 1 is 1.08 bits per heavy atom. The number of benzene rings is 2. The molecule has 0 saturated carbocycles. The number of carbonyl (C=O) groups is 1. The predicted molar refractivity (Wildman–Crippen MR) is 96.3 cm³/mol. The molecule has 0 fully saturated rings. The van der Waals surface area contributed by atoms with Crippen LogP contribution in [0.15, 0.2) is 70.4 Å². The van der Waals surface area contributed by atoms with Gasteiger partial charge in [0.1, 0.15) is 5.56 Å². The van der Waals surface area contributed by atoms with Crippen LogP contribution in [0.25, 0.3) is 0 Å². The van der Waals surface area contributed by atoms with Crippen molar-refractivity contribution in [2.75, 3.05) is 5.32 Å². The lowest BCUT2D eigenvalue weighted by Gasteiger charge is -2.08. The summed E-state index contributed by atoms with van der Waals surface area (Å²) in [6.45, 7) is 0.0767. The average molecular weight is 356 g/mol. The molecule has 25 heavy (non-hydrogen) atoms. The third-order valence-corrected chi connectivity index (χ3v) is 3.81. The quantitative estimate of drug-likeness (QED) is 0.754. The van der Waals surface area contributed by atoms with Crippen LogP contribution >= 0.6 is 11.6 Å². The molecule has 3 rings (SSSR count). The summed E-state index contributed by atoms with van der Waals surface area (Å²) in [5.41, 5.74) is -0.156. The summed E-state index contributed by atoms with van der Waals surface area (Å²) in [5, 5.41) is 3.05. The summed E-state index contributed by atoms with van der Waals surface area (Å²) in [4.78, 5) is 39.3. The number of nitrogens with zero attached hydrogens (tertiary/aromatic N) is 1. The molecule has 126 valence electrons. The Bertz CT molecular complexity index is 1030. The second-order valence-corrected chi connectivity index (χ2v) is 5.79. The Balaban J connectivity index is 1.92. The highest BCUT2D eigenvalue weighted by atomic mass is 35.5. The van der Waals surface area contributed by atoms with Gasteiger partial charge in [-0.3, -0.25) is 14.2 Å². The van der Waals surface area contributed by atoms with Crippen LogP contribution in [-0.2, 0) is 6.54 Å². The molecule has 0 aliphatic heterocycles. The van der Waals surface area contributed by atoms with Gasteiger partial charge in [-0.25, -0.2) is 4.79 Å². The van der Waals surface area contributed by atoms with Crippen molar-refractivity contribution in [1.29, 1.82) is 0 Å². The SMILES string of the molecule is O=C(Nc1cccc(Cl)c1)c1c[nH]c(=O)n(Cc2ccccc2)c1=O. The van der Waals surface area contributed by atoms with Crippen LogP contribution in [0.4, 0.5) is 5.69 Å². The highest BCUT2D eigenvalue weighted by molar-refractivity contribution is 6.30. The normalized spacial score (nSPS) is 10.4. The van der Waals surface area contributed by atoms with E-state index in [0.29, 0.717) is 10.7 Å². The third-order valence-electron chi connectivity index (χ3n) is 3.57. The Kier molecular flexibility index (Phi) is 4.81. The number of H-pyrrole nitrogens is 1. The fourth-order valence-electron chi connectivity index (χ4n) is 2.35. The van der Waals surface area contributed by atoms with E-state index in [1.807, 2.05) is 18.2 Å². The van der Waals surface area contributed by atoms with E-state index in [9.17, 15) is 14.4 Å². The Morgan fingerprint density at radius 3 is 2.56 bits per heavy atom. The first-order valence-electron chi connectivity index (χ1n) is 7.48. The number of nitrogens with one attached hydrogen (secondary N) is 2. The standard InChI is InChI=1S/C18H14ClN3O3/c19-13-7-4-8-14(9-13)21-16(23)15-10-20-18(25)22(17(15)24)11-12-5-2-1-3-6-12/h1-10H,11H2,(H,20,25)(H,21,23). The first kappa shape index (κ1) is 16.7. The fourth-order valence-corrected chi connectivity index (χ4v) is 2.54. The van der Waals surface area contributed by atoms with E-state index in [-0.39, 0.29) is 12.1 Å². The molecule has 1 aromatic heterocycles. The zero-order valence-electron chi connectivity index (χ0n) is 13.0. The van der Waals surface area contributed by atoms with Gasteiger partial charge >= 0.3 is 5.69 Å². The number of aromatic nitrogens is 2. The molecule has 2 N–H and O–H groups in total.